The summed E-state index contributed by atoms with van der Waals surface area (Å²) in [5, 5.41) is 4.49. The lowest BCUT2D eigenvalue weighted by Crippen LogP contribution is -2.52. The van der Waals surface area contributed by atoms with Gasteiger partial charge in [0.05, 0.1) is 12.2 Å². The summed E-state index contributed by atoms with van der Waals surface area (Å²) in [6, 6.07) is 6.16. The lowest BCUT2D eigenvalue weighted by atomic mass is 10.3. The molecular weight excluding hydrogens is 372 g/mol. The molecule has 28 heavy (non-hydrogen) atoms. The Labute approximate surface area is 169 Å². The number of rotatable bonds is 4. The minimum atomic E-state index is 0.657. The summed E-state index contributed by atoms with van der Waals surface area (Å²) in [6.07, 6.45) is 2.97. The first-order valence-corrected chi connectivity index (χ1v) is 10.4. The average Bonchev–Trinajstić information content (AvgIpc) is 3.36. The Bertz CT molecular complexity index is 967. The van der Waals surface area contributed by atoms with Crippen LogP contribution in [-0.2, 0) is 13.0 Å². The highest BCUT2D eigenvalue weighted by atomic mass is 32.1. The molecule has 148 valence electrons. The molecule has 0 unspecified atom stereocenters. The predicted octanol–water partition coefficient (Wildman–Crippen LogP) is 1.95. The van der Waals surface area contributed by atoms with Gasteiger partial charge in [-0.05, 0) is 19.1 Å². The second-order valence-electron chi connectivity index (χ2n) is 6.85. The minimum absolute atomic E-state index is 0.657. The molecule has 1 N–H and O–H groups in total. The van der Waals surface area contributed by atoms with Crippen molar-refractivity contribution in [1.29, 1.82) is 0 Å². The Hall–Kier alpha value is -2.68. The van der Waals surface area contributed by atoms with Gasteiger partial charge in [-0.3, -0.25) is 4.99 Å². The number of fused-ring (bicyclic) bond motifs is 1. The van der Waals surface area contributed by atoms with E-state index in [9.17, 15) is 0 Å². The van der Waals surface area contributed by atoms with Gasteiger partial charge in [0.25, 0.3) is 0 Å². The molecule has 1 aliphatic heterocycles. The SMILES string of the molecule is CCc1nsc(N2CCN(C(=NC)NCc3cn4c(C)cccc4n3)CC2)n1. The molecule has 0 saturated carbocycles. The van der Waals surface area contributed by atoms with Gasteiger partial charge in [0, 0.05) is 63.1 Å². The van der Waals surface area contributed by atoms with Gasteiger partial charge >= 0.3 is 0 Å². The number of hydrogen-bond acceptors (Lipinski definition) is 6. The van der Waals surface area contributed by atoms with E-state index in [1.165, 1.54) is 17.2 Å². The molecular formula is C19H26N8S. The number of aromatic nitrogens is 4. The summed E-state index contributed by atoms with van der Waals surface area (Å²) < 4.78 is 6.51. The number of imidazole rings is 1. The molecule has 3 aromatic heterocycles. The second kappa shape index (κ2) is 8.14. The number of hydrogen-bond donors (Lipinski definition) is 1. The first-order valence-electron chi connectivity index (χ1n) is 9.64. The predicted molar refractivity (Wildman–Crippen MR) is 113 cm³/mol. The van der Waals surface area contributed by atoms with E-state index in [1.54, 1.807) is 0 Å². The Kier molecular flexibility index (Phi) is 5.43. The number of pyridine rings is 1. The van der Waals surface area contributed by atoms with Gasteiger partial charge in [-0.1, -0.05) is 13.0 Å². The number of piperazine rings is 1. The number of nitrogens with one attached hydrogen (secondary N) is 1. The van der Waals surface area contributed by atoms with Crippen LogP contribution in [-0.4, -0.2) is 62.8 Å². The number of guanidine groups is 1. The van der Waals surface area contributed by atoms with E-state index in [0.29, 0.717) is 6.54 Å². The zero-order valence-corrected chi connectivity index (χ0v) is 17.4. The molecule has 8 nitrogen and oxygen atoms in total. The largest absolute Gasteiger partial charge is 0.351 e. The van der Waals surface area contributed by atoms with Crippen LogP contribution in [0.3, 0.4) is 0 Å². The maximum Gasteiger partial charge on any atom is 0.205 e. The maximum atomic E-state index is 4.69. The standard InChI is InChI=1S/C19H26N8S/c1-4-16-23-19(28-24-16)26-10-8-25(9-11-26)18(20-3)21-12-15-13-27-14(2)6-5-7-17(27)22-15/h5-7,13H,4,8-12H2,1-3H3,(H,20,21). The van der Waals surface area contributed by atoms with Crippen molar-refractivity contribution in [2.24, 2.45) is 4.99 Å². The van der Waals surface area contributed by atoms with E-state index < -0.39 is 0 Å². The van der Waals surface area contributed by atoms with Gasteiger partial charge in [-0.15, -0.1) is 0 Å². The highest BCUT2D eigenvalue weighted by Crippen LogP contribution is 2.19. The van der Waals surface area contributed by atoms with Crippen molar-refractivity contribution in [3.8, 4) is 0 Å². The number of aryl methyl sites for hydroxylation is 2. The van der Waals surface area contributed by atoms with E-state index in [0.717, 1.165) is 60.9 Å². The summed E-state index contributed by atoms with van der Waals surface area (Å²) >= 11 is 1.50. The van der Waals surface area contributed by atoms with Gasteiger partial charge in [0.2, 0.25) is 5.13 Å². The normalized spacial score (nSPS) is 15.5. The van der Waals surface area contributed by atoms with E-state index in [2.05, 4.69) is 60.0 Å². The lowest BCUT2D eigenvalue weighted by Gasteiger charge is -2.36. The van der Waals surface area contributed by atoms with E-state index in [-0.39, 0.29) is 0 Å². The van der Waals surface area contributed by atoms with Crippen molar-refractivity contribution < 1.29 is 0 Å². The topological polar surface area (TPSA) is 74.0 Å². The molecule has 0 atom stereocenters. The number of anilines is 1. The fraction of sp³-hybridized carbons (Fsp3) is 0.474. The molecule has 1 aliphatic rings. The Morgan fingerprint density at radius 1 is 1.21 bits per heavy atom. The fourth-order valence-electron chi connectivity index (χ4n) is 3.41. The molecule has 3 aromatic rings. The Morgan fingerprint density at radius 2 is 2.04 bits per heavy atom. The van der Waals surface area contributed by atoms with Crippen molar-refractivity contribution in [3.05, 3.63) is 41.6 Å². The minimum Gasteiger partial charge on any atom is -0.351 e. The zero-order valence-electron chi connectivity index (χ0n) is 16.6. The smallest absolute Gasteiger partial charge is 0.205 e. The third-order valence-electron chi connectivity index (χ3n) is 5.01. The van der Waals surface area contributed by atoms with Crippen LogP contribution in [0, 0.1) is 6.92 Å². The summed E-state index contributed by atoms with van der Waals surface area (Å²) in [7, 11) is 1.83. The lowest BCUT2D eigenvalue weighted by molar-refractivity contribution is 0.372. The maximum absolute atomic E-state index is 4.69. The van der Waals surface area contributed by atoms with Crippen molar-refractivity contribution in [1.82, 2.24) is 29.0 Å². The van der Waals surface area contributed by atoms with Gasteiger partial charge in [-0.25, -0.2) is 9.97 Å². The van der Waals surface area contributed by atoms with E-state index >= 15 is 0 Å². The van der Waals surface area contributed by atoms with Crippen LogP contribution >= 0.6 is 11.5 Å². The highest BCUT2D eigenvalue weighted by Gasteiger charge is 2.22. The molecule has 0 amide bonds. The van der Waals surface area contributed by atoms with Crippen molar-refractivity contribution in [2.75, 3.05) is 38.1 Å². The van der Waals surface area contributed by atoms with Gasteiger partial charge in [0.1, 0.15) is 11.5 Å². The summed E-state index contributed by atoms with van der Waals surface area (Å²) in [5.74, 6) is 1.85. The van der Waals surface area contributed by atoms with Crippen LogP contribution in [0.25, 0.3) is 5.65 Å². The van der Waals surface area contributed by atoms with Gasteiger partial charge in [-0.2, -0.15) is 4.37 Å². The van der Waals surface area contributed by atoms with Gasteiger partial charge < -0.3 is 19.5 Å². The van der Waals surface area contributed by atoms with Crippen molar-refractivity contribution in [2.45, 2.75) is 26.8 Å². The molecule has 0 radical (unpaired) electrons. The molecule has 4 rings (SSSR count). The molecule has 0 aromatic carbocycles. The number of nitrogens with zero attached hydrogens (tertiary/aromatic N) is 7. The molecule has 1 fully saturated rings. The summed E-state index contributed by atoms with van der Waals surface area (Å²) in [4.78, 5) is 18.4. The molecule has 0 aliphatic carbocycles. The Morgan fingerprint density at radius 3 is 2.71 bits per heavy atom. The van der Waals surface area contributed by atoms with Crippen molar-refractivity contribution >= 4 is 28.3 Å². The first kappa shape index (κ1) is 18.7. The Balaban J connectivity index is 1.35. The quantitative estimate of drug-likeness (QED) is 0.535. The van der Waals surface area contributed by atoms with Crippen molar-refractivity contribution in [3.63, 3.8) is 0 Å². The molecule has 0 bridgehead atoms. The van der Waals surface area contributed by atoms with E-state index in [4.69, 9.17) is 4.98 Å². The summed E-state index contributed by atoms with van der Waals surface area (Å²) in [5.41, 5.74) is 3.17. The fourth-order valence-corrected chi connectivity index (χ4v) is 4.21. The summed E-state index contributed by atoms with van der Waals surface area (Å²) in [6.45, 7) is 8.50. The van der Waals surface area contributed by atoms with Crippen LogP contribution in [0.4, 0.5) is 5.13 Å². The van der Waals surface area contributed by atoms with Crippen LogP contribution in [0.5, 0.6) is 0 Å². The third-order valence-corrected chi connectivity index (χ3v) is 5.82. The highest BCUT2D eigenvalue weighted by molar-refractivity contribution is 7.09. The molecule has 1 saturated heterocycles. The average molecular weight is 399 g/mol. The third kappa shape index (κ3) is 3.80. The zero-order chi connectivity index (χ0) is 19.5. The molecule has 0 spiro atoms. The van der Waals surface area contributed by atoms with Gasteiger partial charge in [0.15, 0.2) is 5.96 Å². The van der Waals surface area contributed by atoms with E-state index in [1.807, 2.05) is 19.2 Å². The molecule has 9 heteroatoms. The first-order chi connectivity index (χ1) is 13.7. The molecule has 4 heterocycles. The van der Waals surface area contributed by atoms with Crippen LogP contribution in [0.2, 0.25) is 0 Å². The monoisotopic (exact) mass is 398 g/mol. The van der Waals surface area contributed by atoms with Crippen LogP contribution in [0.1, 0.15) is 24.1 Å². The van der Waals surface area contributed by atoms with Crippen LogP contribution in [0.15, 0.2) is 29.4 Å². The second-order valence-corrected chi connectivity index (χ2v) is 7.58. The number of aliphatic imine (C=N–C) groups is 1. The van der Waals surface area contributed by atoms with Crippen LogP contribution < -0.4 is 10.2 Å².